The number of benzene rings is 2. The molecule has 6 heteroatoms. The van der Waals surface area contributed by atoms with Crippen molar-refractivity contribution in [3.8, 4) is 0 Å². The van der Waals surface area contributed by atoms with Crippen molar-refractivity contribution in [2.45, 2.75) is 32.9 Å². The minimum absolute atomic E-state index is 0.240. The van der Waals surface area contributed by atoms with Crippen molar-refractivity contribution in [3.05, 3.63) is 65.5 Å². The van der Waals surface area contributed by atoms with Gasteiger partial charge in [-0.25, -0.2) is 9.38 Å². The molecule has 5 nitrogen and oxygen atoms in total. The Bertz CT molecular complexity index is 786. The molecular weight excluding hydrogens is 367 g/mol. The van der Waals surface area contributed by atoms with Gasteiger partial charge in [0.15, 0.2) is 5.96 Å². The van der Waals surface area contributed by atoms with E-state index in [0.29, 0.717) is 31.6 Å². The number of nitrogens with one attached hydrogen (secondary N) is 2. The van der Waals surface area contributed by atoms with Gasteiger partial charge in [0, 0.05) is 38.5 Å². The summed E-state index contributed by atoms with van der Waals surface area (Å²) in [4.78, 5) is 6.93. The summed E-state index contributed by atoms with van der Waals surface area (Å²) in [6.45, 7) is 6.18. The Hall–Kier alpha value is -2.60. The van der Waals surface area contributed by atoms with E-state index in [1.54, 1.807) is 6.07 Å². The van der Waals surface area contributed by atoms with Gasteiger partial charge in [0.2, 0.25) is 0 Å². The lowest BCUT2D eigenvalue weighted by atomic mass is 9.97. The van der Waals surface area contributed by atoms with E-state index in [0.717, 1.165) is 38.0 Å². The summed E-state index contributed by atoms with van der Waals surface area (Å²) < 4.78 is 13.3. The van der Waals surface area contributed by atoms with E-state index in [1.165, 1.54) is 23.4 Å². The largest absolute Gasteiger partial charge is 0.396 e. The lowest BCUT2D eigenvalue weighted by Crippen LogP contribution is -2.36. The lowest BCUT2D eigenvalue weighted by Gasteiger charge is -2.33. The maximum absolute atomic E-state index is 13.3. The molecule has 0 unspecified atom stereocenters. The van der Waals surface area contributed by atoms with Gasteiger partial charge in [0.1, 0.15) is 5.82 Å². The van der Waals surface area contributed by atoms with Crippen LogP contribution < -0.4 is 15.5 Å². The van der Waals surface area contributed by atoms with Gasteiger partial charge in [-0.3, -0.25) is 0 Å². The van der Waals surface area contributed by atoms with Crippen molar-refractivity contribution < 1.29 is 9.50 Å². The molecule has 0 bridgehead atoms. The Morgan fingerprint density at radius 1 is 1.10 bits per heavy atom. The smallest absolute Gasteiger partial charge is 0.191 e. The quantitative estimate of drug-likeness (QED) is 0.495. The zero-order valence-corrected chi connectivity index (χ0v) is 17.1. The van der Waals surface area contributed by atoms with Crippen molar-refractivity contribution in [1.82, 2.24) is 10.6 Å². The van der Waals surface area contributed by atoms with Crippen LogP contribution in [-0.4, -0.2) is 37.3 Å². The zero-order valence-electron chi connectivity index (χ0n) is 17.1. The number of hydrogen-bond donors (Lipinski definition) is 3. The molecule has 1 fully saturated rings. The van der Waals surface area contributed by atoms with E-state index in [-0.39, 0.29) is 5.82 Å². The van der Waals surface area contributed by atoms with Crippen LogP contribution in [0.25, 0.3) is 0 Å². The molecule has 3 N–H and O–H groups in total. The highest BCUT2D eigenvalue weighted by Crippen LogP contribution is 2.23. The van der Waals surface area contributed by atoms with Crippen LogP contribution in [0.5, 0.6) is 0 Å². The van der Waals surface area contributed by atoms with Crippen LogP contribution in [0.4, 0.5) is 10.1 Å². The highest BCUT2D eigenvalue weighted by molar-refractivity contribution is 5.79. The van der Waals surface area contributed by atoms with E-state index in [2.05, 4.69) is 44.8 Å². The Labute approximate surface area is 172 Å². The van der Waals surface area contributed by atoms with Gasteiger partial charge >= 0.3 is 0 Å². The maximum atomic E-state index is 13.3. The SMILES string of the molecule is CCNC(=NCc1cccc(F)c1)NCc1ccc(N2CCC(CO)CC2)cc1. The van der Waals surface area contributed by atoms with Gasteiger partial charge in [0.05, 0.1) is 6.54 Å². The van der Waals surface area contributed by atoms with Crippen molar-refractivity contribution in [1.29, 1.82) is 0 Å². The average molecular weight is 399 g/mol. The molecule has 156 valence electrons. The first-order valence-electron chi connectivity index (χ1n) is 10.4. The molecule has 29 heavy (non-hydrogen) atoms. The molecule has 0 radical (unpaired) electrons. The Kier molecular flexibility index (Phi) is 7.87. The summed E-state index contributed by atoms with van der Waals surface area (Å²) in [6, 6.07) is 15.1. The van der Waals surface area contributed by atoms with Gasteiger partial charge in [0.25, 0.3) is 0 Å². The number of rotatable bonds is 7. The normalized spacial score (nSPS) is 15.4. The third kappa shape index (κ3) is 6.46. The molecule has 1 aliphatic rings. The van der Waals surface area contributed by atoms with Crippen LogP contribution in [0.3, 0.4) is 0 Å². The Morgan fingerprint density at radius 2 is 1.86 bits per heavy atom. The monoisotopic (exact) mass is 398 g/mol. The number of aliphatic imine (C=N–C) groups is 1. The van der Waals surface area contributed by atoms with Crippen LogP contribution in [0.15, 0.2) is 53.5 Å². The number of aliphatic hydroxyl groups excluding tert-OH is 1. The number of piperidine rings is 1. The third-order valence-electron chi connectivity index (χ3n) is 5.29. The number of guanidine groups is 1. The molecule has 0 saturated carbocycles. The van der Waals surface area contributed by atoms with Crippen LogP contribution in [-0.2, 0) is 13.1 Å². The fraction of sp³-hybridized carbons (Fsp3) is 0.435. The molecule has 1 saturated heterocycles. The van der Waals surface area contributed by atoms with Crippen LogP contribution in [0, 0.1) is 11.7 Å². The van der Waals surface area contributed by atoms with Gasteiger partial charge in [-0.05, 0) is 61.1 Å². The summed E-state index contributed by atoms with van der Waals surface area (Å²) in [5, 5.41) is 15.8. The van der Waals surface area contributed by atoms with E-state index in [9.17, 15) is 9.50 Å². The van der Waals surface area contributed by atoms with Crippen molar-refractivity contribution in [3.63, 3.8) is 0 Å². The summed E-state index contributed by atoms with van der Waals surface area (Å²) in [5.74, 6) is 0.925. The Morgan fingerprint density at radius 3 is 2.52 bits per heavy atom. The number of anilines is 1. The molecular formula is C23H31FN4O. The molecule has 0 spiro atoms. The maximum Gasteiger partial charge on any atom is 0.191 e. The van der Waals surface area contributed by atoms with Crippen LogP contribution >= 0.6 is 0 Å². The number of nitrogens with zero attached hydrogens (tertiary/aromatic N) is 2. The van der Waals surface area contributed by atoms with E-state index < -0.39 is 0 Å². The van der Waals surface area contributed by atoms with Crippen molar-refractivity contribution in [2.75, 3.05) is 31.1 Å². The van der Waals surface area contributed by atoms with Gasteiger partial charge in [-0.15, -0.1) is 0 Å². The fourth-order valence-corrected chi connectivity index (χ4v) is 3.53. The minimum Gasteiger partial charge on any atom is -0.396 e. The number of halogens is 1. The number of hydrogen-bond acceptors (Lipinski definition) is 3. The Balaban J connectivity index is 1.53. The first-order valence-corrected chi connectivity index (χ1v) is 10.4. The molecule has 0 amide bonds. The lowest BCUT2D eigenvalue weighted by molar-refractivity contribution is 0.203. The summed E-state index contributed by atoms with van der Waals surface area (Å²) >= 11 is 0. The predicted molar refractivity (Wildman–Crippen MR) is 117 cm³/mol. The van der Waals surface area contributed by atoms with Crippen molar-refractivity contribution in [2.24, 2.45) is 10.9 Å². The van der Waals surface area contributed by atoms with Crippen LogP contribution in [0.2, 0.25) is 0 Å². The van der Waals surface area contributed by atoms with Gasteiger partial charge < -0.3 is 20.6 Å². The third-order valence-corrected chi connectivity index (χ3v) is 5.29. The minimum atomic E-state index is -0.240. The highest BCUT2D eigenvalue weighted by atomic mass is 19.1. The zero-order chi connectivity index (χ0) is 20.5. The number of aliphatic hydroxyl groups is 1. The summed E-state index contributed by atoms with van der Waals surface area (Å²) in [6.07, 6.45) is 2.10. The second-order valence-corrected chi connectivity index (χ2v) is 7.46. The van der Waals surface area contributed by atoms with E-state index in [4.69, 9.17) is 0 Å². The van der Waals surface area contributed by atoms with Gasteiger partial charge in [-0.2, -0.15) is 0 Å². The van der Waals surface area contributed by atoms with E-state index >= 15 is 0 Å². The fourth-order valence-electron chi connectivity index (χ4n) is 3.53. The molecule has 0 atom stereocenters. The second kappa shape index (κ2) is 10.8. The van der Waals surface area contributed by atoms with Crippen molar-refractivity contribution >= 4 is 11.6 Å². The molecule has 0 aromatic heterocycles. The molecule has 2 aromatic rings. The standard InChI is InChI=1S/C23H31FN4O/c1-2-25-23(27-16-20-4-3-5-21(24)14-20)26-15-18-6-8-22(9-7-18)28-12-10-19(17-29)11-13-28/h3-9,14,19,29H,2,10-13,15-17H2,1H3,(H2,25,26,27). The molecule has 1 aliphatic heterocycles. The molecule has 0 aliphatic carbocycles. The van der Waals surface area contributed by atoms with E-state index in [1.807, 2.05) is 13.0 Å². The predicted octanol–water partition coefficient (Wildman–Crippen LogP) is 3.29. The highest BCUT2D eigenvalue weighted by Gasteiger charge is 2.18. The average Bonchev–Trinajstić information content (AvgIpc) is 2.76. The molecule has 3 rings (SSSR count). The topological polar surface area (TPSA) is 59.9 Å². The van der Waals surface area contributed by atoms with Crippen LogP contribution in [0.1, 0.15) is 30.9 Å². The van der Waals surface area contributed by atoms with Gasteiger partial charge in [-0.1, -0.05) is 24.3 Å². The molecule has 2 aromatic carbocycles. The second-order valence-electron chi connectivity index (χ2n) is 7.46. The first-order chi connectivity index (χ1) is 14.2. The first kappa shape index (κ1) is 21.1. The summed E-state index contributed by atoms with van der Waals surface area (Å²) in [5.41, 5.74) is 3.25. The summed E-state index contributed by atoms with van der Waals surface area (Å²) in [7, 11) is 0. The molecule has 1 heterocycles.